The van der Waals surface area contributed by atoms with Crippen LogP contribution in [0.3, 0.4) is 0 Å². The molecule has 14 heteroatoms. The largest absolute Gasteiger partial charge is 0.480 e. The average Bonchev–Trinajstić information content (AvgIpc) is 3.21. The van der Waals surface area contributed by atoms with Crippen LogP contribution in [0.4, 0.5) is 0 Å². The molecule has 0 aromatic rings. The van der Waals surface area contributed by atoms with Crippen LogP contribution in [0.2, 0.25) is 0 Å². The van der Waals surface area contributed by atoms with Gasteiger partial charge in [0.05, 0.1) is 25.4 Å². The molecule has 60 heavy (non-hydrogen) atoms. The summed E-state index contributed by atoms with van der Waals surface area (Å²) < 4.78 is 32.4. The number of aliphatic hydroxyl groups excluding tert-OH is 2. The van der Waals surface area contributed by atoms with Gasteiger partial charge in [-0.3, -0.25) is 23.4 Å². The molecular weight excluding hydrogens is 789 g/mol. The second-order valence-corrected chi connectivity index (χ2v) is 15.2. The van der Waals surface area contributed by atoms with Crippen molar-refractivity contribution in [3.63, 3.8) is 0 Å². The maximum Gasteiger partial charge on any atom is 0.472 e. The predicted octanol–water partition coefficient (Wildman–Crippen LogP) is 9.00. The maximum atomic E-state index is 12.6. The molecule has 0 amide bonds. The first kappa shape index (κ1) is 56.1. The third-order valence-electron chi connectivity index (χ3n) is 8.21. The standard InChI is InChI=1S/C46H72NO12P/c1-3-5-7-8-9-10-11-12-13-14-15-16-17-18-22-25-29-35-45(51)59-42(38-57-60(54,55)58-39-43(47)46(52)53)37-56-44(50)36-30-34-41(49)33-28-24-21-19-20-23-27-32-40(48)31-26-6-4-2/h5,7,9-10,12-13,15-16,18,20-24,27-28,32-33,40-43,48-49H,3-4,6,8,11,14,17,19,25-26,29-31,34-39,47H2,1-2H3,(H,52,53)(H,54,55)/b7-5-,10-9-,13-12-,16-15-,22-18-,23-20-,24-21-,32-27+,33-28+/t40-,41-,42+,43-/m0/s1. The van der Waals surface area contributed by atoms with Crippen LogP contribution in [-0.4, -0.2) is 82.3 Å². The molecule has 0 spiro atoms. The molecule has 0 aliphatic rings. The molecule has 0 aromatic heterocycles. The molecule has 0 aromatic carbocycles. The zero-order chi connectivity index (χ0) is 44.5. The summed E-state index contributed by atoms with van der Waals surface area (Å²) >= 11 is 0. The molecule has 0 heterocycles. The normalized spacial score (nSPS) is 15.8. The van der Waals surface area contributed by atoms with E-state index in [-0.39, 0.29) is 19.3 Å². The molecule has 0 bridgehead atoms. The van der Waals surface area contributed by atoms with Gasteiger partial charge in [-0.15, -0.1) is 0 Å². The Hall–Kier alpha value is -3.94. The van der Waals surface area contributed by atoms with Crippen LogP contribution in [-0.2, 0) is 37.5 Å². The number of carbonyl (C=O) groups excluding carboxylic acids is 2. The lowest BCUT2D eigenvalue weighted by Gasteiger charge is -2.20. The maximum absolute atomic E-state index is 12.6. The number of aliphatic carboxylic acids is 1. The minimum Gasteiger partial charge on any atom is -0.480 e. The number of carboxylic acid groups (broad SMARTS) is 1. The quantitative estimate of drug-likeness (QED) is 0.0130. The third-order valence-corrected chi connectivity index (χ3v) is 9.16. The zero-order valence-electron chi connectivity index (χ0n) is 35.7. The van der Waals surface area contributed by atoms with Crippen LogP contribution < -0.4 is 5.73 Å². The van der Waals surface area contributed by atoms with Gasteiger partial charge in [-0.2, -0.15) is 0 Å². The van der Waals surface area contributed by atoms with Gasteiger partial charge in [0.1, 0.15) is 12.6 Å². The van der Waals surface area contributed by atoms with Gasteiger partial charge in [0.15, 0.2) is 6.10 Å². The highest BCUT2D eigenvalue weighted by molar-refractivity contribution is 7.47. The first-order valence-corrected chi connectivity index (χ1v) is 22.6. The number of ether oxygens (including phenoxy) is 2. The molecule has 0 radical (unpaired) electrons. The molecule has 1 unspecified atom stereocenters. The van der Waals surface area contributed by atoms with Gasteiger partial charge >= 0.3 is 25.7 Å². The van der Waals surface area contributed by atoms with Crippen LogP contribution in [0.5, 0.6) is 0 Å². The van der Waals surface area contributed by atoms with E-state index in [1.807, 2.05) is 36.5 Å². The van der Waals surface area contributed by atoms with E-state index in [1.165, 1.54) is 0 Å². The SMILES string of the molecule is CC/C=C\C/C=C\C/C=C\C/C=C\C/C=C\CCCC(=O)O[C@H](COC(=O)CCC[C@@H](O)/C=C/C=C\C/C=C\C=C\[C@@H](O)CCCCC)COP(=O)(O)OC[C@H](N)C(=O)O. The summed E-state index contributed by atoms with van der Waals surface area (Å²) in [5, 5.41) is 29.0. The van der Waals surface area contributed by atoms with Crippen molar-refractivity contribution >= 4 is 25.7 Å². The monoisotopic (exact) mass is 861 g/mol. The Balaban J connectivity index is 4.74. The van der Waals surface area contributed by atoms with Gasteiger partial charge in [-0.25, -0.2) is 4.57 Å². The summed E-state index contributed by atoms with van der Waals surface area (Å²) in [6, 6.07) is -1.57. The first-order chi connectivity index (χ1) is 28.9. The van der Waals surface area contributed by atoms with Gasteiger partial charge < -0.3 is 35.4 Å². The van der Waals surface area contributed by atoms with Gasteiger partial charge in [-0.05, 0) is 70.6 Å². The summed E-state index contributed by atoms with van der Waals surface area (Å²) in [5.41, 5.74) is 5.31. The topological polar surface area (TPSA) is 212 Å². The summed E-state index contributed by atoms with van der Waals surface area (Å²) in [5.74, 6) is -2.73. The summed E-state index contributed by atoms with van der Waals surface area (Å²) in [7, 11) is -4.80. The molecule has 5 atom stereocenters. The van der Waals surface area contributed by atoms with Crippen molar-refractivity contribution in [3.8, 4) is 0 Å². The van der Waals surface area contributed by atoms with E-state index in [0.29, 0.717) is 25.7 Å². The fraction of sp³-hybridized carbons (Fsp3) is 0.543. The van der Waals surface area contributed by atoms with Crippen molar-refractivity contribution in [1.82, 2.24) is 0 Å². The predicted molar refractivity (Wildman–Crippen MR) is 238 cm³/mol. The molecular formula is C46H72NO12P. The number of carbonyl (C=O) groups is 3. The van der Waals surface area contributed by atoms with Crippen molar-refractivity contribution in [2.45, 2.75) is 141 Å². The second kappa shape index (κ2) is 39.2. The zero-order valence-corrected chi connectivity index (χ0v) is 36.6. The number of allylic oxidation sites excluding steroid dienone is 16. The molecule has 0 saturated heterocycles. The molecule has 0 aliphatic carbocycles. The number of aliphatic hydroxyl groups is 2. The van der Waals surface area contributed by atoms with Gasteiger partial charge in [0.25, 0.3) is 0 Å². The van der Waals surface area contributed by atoms with Crippen molar-refractivity contribution in [1.29, 1.82) is 0 Å². The van der Waals surface area contributed by atoms with E-state index >= 15 is 0 Å². The van der Waals surface area contributed by atoms with Gasteiger partial charge in [0, 0.05) is 12.8 Å². The van der Waals surface area contributed by atoms with Crippen LogP contribution in [0.1, 0.15) is 117 Å². The molecule has 0 rings (SSSR count). The fourth-order valence-corrected chi connectivity index (χ4v) is 5.62. The Labute approximate surface area is 358 Å². The number of nitrogens with two attached hydrogens (primary N) is 1. The lowest BCUT2D eigenvalue weighted by molar-refractivity contribution is -0.161. The van der Waals surface area contributed by atoms with E-state index in [1.54, 1.807) is 24.3 Å². The van der Waals surface area contributed by atoms with Crippen molar-refractivity contribution in [3.05, 3.63) is 109 Å². The average molecular weight is 862 g/mol. The third kappa shape index (κ3) is 38.3. The number of hydrogen-bond acceptors (Lipinski definition) is 11. The van der Waals surface area contributed by atoms with Gasteiger partial charge in [-0.1, -0.05) is 142 Å². The lowest BCUT2D eigenvalue weighted by atomic mass is 10.1. The van der Waals surface area contributed by atoms with Crippen LogP contribution in [0.25, 0.3) is 0 Å². The molecule has 0 saturated carbocycles. The Morgan fingerprint density at radius 3 is 1.67 bits per heavy atom. The van der Waals surface area contributed by atoms with E-state index in [4.69, 9.17) is 24.8 Å². The highest BCUT2D eigenvalue weighted by atomic mass is 31.2. The minimum atomic E-state index is -4.80. The Kier molecular flexibility index (Phi) is 36.6. The smallest absolute Gasteiger partial charge is 0.472 e. The fourth-order valence-electron chi connectivity index (χ4n) is 4.84. The van der Waals surface area contributed by atoms with Gasteiger partial charge in [0.2, 0.25) is 0 Å². The van der Waals surface area contributed by atoms with Crippen LogP contribution in [0.15, 0.2) is 109 Å². The van der Waals surface area contributed by atoms with Crippen molar-refractivity contribution in [2.24, 2.45) is 5.73 Å². The molecule has 13 nitrogen and oxygen atoms in total. The minimum absolute atomic E-state index is 0.0262. The highest BCUT2D eigenvalue weighted by Gasteiger charge is 2.28. The van der Waals surface area contributed by atoms with E-state index in [2.05, 4.69) is 67.0 Å². The first-order valence-electron chi connectivity index (χ1n) is 21.1. The molecule has 338 valence electrons. The lowest BCUT2D eigenvalue weighted by Crippen LogP contribution is -2.34. The molecule has 6 N–H and O–H groups in total. The number of unbranched alkanes of at least 4 members (excludes halogenated alkanes) is 3. The van der Waals surface area contributed by atoms with Crippen molar-refractivity contribution < 1.29 is 57.7 Å². The highest BCUT2D eigenvalue weighted by Crippen LogP contribution is 2.43. The summed E-state index contributed by atoms with van der Waals surface area (Å²) in [4.78, 5) is 45.9. The number of esters is 2. The van der Waals surface area contributed by atoms with E-state index < -0.39 is 69.9 Å². The van der Waals surface area contributed by atoms with Crippen LogP contribution in [0, 0.1) is 0 Å². The number of phosphoric acid groups is 1. The summed E-state index contributed by atoms with van der Waals surface area (Å²) in [6.45, 7) is 2.27. The number of rotatable bonds is 37. The Morgan fingerprint density at radius 1 is 0.617 bits per heavy atom. The van der Waals surface area contributed by atoms with E-state index in [0.717, 1.165) is 57.8 Å². The van der Waals surface area contributed by atoms with E-state index in [9.17, 15) is 34.1 Å². The Morgan fingerprint density at radius 2 is 1.12 bits per heavy atom. The molecule has 0 fully saturated rings. The molecule has 0 aliphatic heterocycles. The number of phosphoric ester groups is 1. The number of hydrogen-bond donors (Lipinski definition) is 5. The Bertz CT molecular complexity index is 1460. The van der Waals surface area contributed by atoms with Crippen LogP contribution >= 0.6 is 7.82 Å². The second-order valence-electron chi connectivity index (χ2n) is 13.8. The summed E-state index contributed by atoms with van der Waals surface area (Å²) in [6.07, 6.45) is 43.8. The van der Waals surface area contributed by atoms with Crippen molar-refractivity contribution in [2.75, 3.05) is 19.8 Å². The number of carboxylic acids is 1.